The van der Waals surface area contributed by atoms with Gasteiger partial charge < -0.3 is 44.6 Å². The number of hydrogen-bond donors (Lipinski definition) is 6. The number of nitrogens with one attached hydrogen (secondary N) is 1. The molecule has 7 atom stereocenters. The number of amides is 1. The Kier molecular flexibility index (Phi) is 34.5. The van der Waals surface area contributed by atoms with Crippen molar-refractivity contribution in [1.29, 1.82) is 0 Å². The summed E-state index contributed by atoms with van der Waals surface area (Å²) in [5.74, 6) is -2.06. The zero-order chi connectivity index (χ0) is 45.1. The lowest BCUT2D eigenvalue weighted by Gasteiger charge is -2.43. The molecule has 1 rings (SSSR count). The molecule has 0 aliphatic carbocycles. The van der Waals surface area contributed by atoms with Crippen molar-refractivity contribution in [3.8, 4) is 0 Å². The lowest BCUT2D eigenvalue weighted by Crippen LogP contribution is -2.65. The number of rotatable bonds is 40. The number of unbranched alkanes of at least 4 members (excludes halogenated alkanes) is 24. The molecule has 0 radical (unpaired) electrons. The van der Waals surface area contributed by atoms with Crippen LogP contribution in [-0.4, -0.2) is 92.4 Å². The topological polar surface area (TPSA) is 218 Å². The molecule has 0 aromatic carbocycles. The van der Waals surface area contributed by atoms with Gasteiger partial charge in [0.2, 0.25) is 5.91 Å². The number of ether oxygens (including phenoxy) is 3. The molecule has 0 aromatic heterocycles. The molecule has 6 N–H and O–H groups in total. The molecule has 1 aliphatic heterocycles. The third-order valence-electron chi connectivity index (χ3n) is 11.6. The molecule has 0 spiro atoms. The highest BCUT2D eigenvalue weighted by molar-refractivity contribution is 7.46. The first-order valence-electron chi connectivity index (χ1n) is 24.4. The second kappa shape index (κ2) is 36.7. The number of carbonyl (C=O) groups excluding carboxylic acids is 3. The summed E-state index contributed by atoms with van der Waals surface area (Å²) in [4.78, 5) is 59.4. The van der Waals surface area contributed by atoms with Gasteiger partial charge in [0.05, 0.1) is 25.6 Å². The van der Waals surface area contributed by atoms with Crippen molar-refractivity contribution in [2.75, 3.05) is 6.61 Å². The zero-order valence-corrected chi connectivity index (χ0v) is 39.2. The van der Waals surface area contributed by atoms with Crippen molar-refractivity contribution >= 4 is 25.7 Å². The molecule has 0 saturated carbocycles. The molecule has 1 amide bonds. The van der Waals surface area contributed by atoms with E-state index >= 15 is 0 Å². The third kappa shape index (κ3) is 30.2. The number of esters is 2. The zero-order valence-electron chi connectivity index (χ0n) is 38.3. The smallest absolute Gasteiger partial charge is 0.462 e. The fourth-order valence-corrected chi connectivity index (χ4v) is 8.57. The van der Waals surface area contributed by atoms with Crippen molar-refractivity contribution < 1.29 is 62.8 Å². The highest BCUT2D eigenvalue weighted by atomic mass is 31.2. The van der Waals surface area contributed by atoms with Crippen molar-refractivity contribution in [3.63, 3.8) is 0 Å². The summed E-state index contributed by atoms with van der Waals surface area (Å²) in [5, 5.41) is 34.1. The van der Waals surface area contributed by atoms with Gasteiger partial charge in [-0.2, -0.15) is 0 Å². The molecule has 1 saturated heterocycles. The van der Waals surface area contributed by atoms with E-state index in [1.54, 1.807) is 0 Å². The Labute approximate surface area is 368 Å². The molecule has 0 aromatic rings. The molecule has 2 unspecified atom stereocenters. The van der Waals surface area contributed by atoms with Crippen LogP contribution in [0.4, 0.5) is 0 Å². The summed E-state index contributed by atoms with van der Waals surface area (Å²) in [6, 6.07) is -1.58. The predicted octanol–water partition coefficient (Wildman–Crippen LogP) is 9.39. The highest BCUT2D eigenvalue weighted by Gasteiger charge is 2.51. The van der Waals surface area contributed by atoms with Crippen molar-refractivity contribution in [1.82, 2.24) is 5.32 Å². The van der Waals surface area contributed by atoms with Crippen LogP contribution in [0.5, 0.6) is 0 Å². The van der Waals surface area contributed by atoms with E-state index in [0.29, 0.717) is 25.7 Å². The molecule has 1 heterocycles. The Morgan fingerprint density at radius 2 is 1.07 bits per heavy atom. The SMILES string of the molecule is CCCCCCCCCCCC(=O)OC(CCCCCCCCCCC)CC(=O)O[C@@H]1[C@@H](NC(=O)CC(O)CCCCCCCCCCC)[C@@H](O)O[C@H](CO)[C@H]1OP(=O)(O)O. The number of phosphoric acid groups is 1. The fraction of sp³-hybridized carbons (Fsp3) is 0.935. The number of carbonyl (C=O) groups is 3. The van der Waals surface area contributed by atoms with Gasteiger partial charge in [0.15, 0.2) is 12.4 Å². The molecule has 61 heavy (non-hydrogen) atoms. The van der Waals surface area contributed by atoms with E-state index in [1.807, 2.05) is 0 Å². The minimum absolute atomic E-state index is 0.209. The van der Waals surface area contributed by atoms with Crippen LogP contribution >= 0.6 is 7.82 Å². The fourth-order valence-electron chi connectivity index (χ4n) is 7.99. The summed E-state index contributed by atoms with van der Waals surface area (Å²) in [6.45, 7) is 5.70. The molecule has 360 valence electrons. The Morgan fingerprint density at radius 3 is 1.52 bits per heavy atom. The number of hydrogen-bond acceptors (Lipinski definition) is 11. The van der Waals surface area contributed by atoms with E-state index < -0.39 is 81.5 Å². The maximum atomic E-state index is 13.7. The number of phosphoric ester groups is 1. The van der Waals surface area contributed by atoms with Gasteiger partial charge in [-0.15, -0.1) is 0 Å². The van der Waals surface area contributed by atoms with Crippen LogP contribution in [0.2, 0.25) is 0 Å². The van der Waals surface area contributed by atoms with Crippen molar-refractivity contribution in [3.05, 3.63) is 0 Å². The summed E-state index contributed by atoms with van der Waals surface area (Å²) in [5.41, 5.74) is 0. The van der Waals surface area contributed by atoms with Gasteiger partial charge in [-0.3, -0.25) is 18.9 Å². The molecule has 15 heteroatoms. The van der Waals surface area contributed by atoms with Crippen LogP contribution in [0.25, 0.3) is 0 Å². The Bertz CT molecular complexity index is 1160. The van der Waals surface area contributed by atoms with Gasteiger partial charge in [0.1, 0.15) is 24.4 Å². The largest absolute Gasteiger partial charge is 0.470 e. The van der Waals surface area contributed by atoms with Crippen LogP contribution in [0.15, 0.2) is 0 Å². The minimum atomic E-state index is -5.29. The quantitative estimate of drug-likeness (QED) is 0.0192. The van der Waals surface area contributed by atoms with Crippen molar-refractivity contribution in [2.45, 2.75) is 269 Å². The molecule has 1 aliphatic rings. The van der Waals surface area contributed by atoms with E-state index in [2.05, 4.69) is 26.1 Å². The first kappa shape index (κ1) is 57.4. The lowest BCUT2D eigenvalue weighted by atomic mass is 9.96. The lowest BCUT2D eigenvalue weighted by molar-refractivity contribution is -0.256. The molecular weight excluding hydrogens is 805 g/mol. The van der Waals surface area contributed by atoms with Crippen LogP contribution in [0, 0.1) is 0 Å². The normalized spacial score (nSPS) is 20.3. The van der Waals surface area contributed by atoms with E-state index in [4.69, 9.17) is 18.7 Å². The average Bonchev–Trinajstić information content (AvgIpc) is 3.20. The highest BCUT2D eigenvalue weighted by Crippen LogP contribution is 2.42. The molecule has 0 bridgehead atoms. The van der Waals surface area contributed by atoms with Crippen molar-refractivity contribution in [2.24, 2.45) is 0 Å². The first-order chi connectivity index (χ1) is 29.3. The second-order valence-corrected chi connectivity index (χ2v) is 18.5. The Balaban J connectivity index is 2.97. The minimum Gasteiger partial charge on any atom is -0.462 e. The van der Waals surface area contributed by atoms with Gasteiger partial charge in [0.25, 0.3) is 0 Å². The maximum absolute atomic E-state index is 13.7. The molecular formula is C46H88NO13P. The number of aliphatic hydroxyl groups is 3. The van der Waals surface area contributed by atoms with E-state index in [1.165, 1.54) is 89.9 Å². The van der Waals surface area contributed by atoms with Gasteiger partial charge in [-0.05, 0) is 25.7 Å². The van der Waals surface area contributed by atoms with E-state index in [-0.39, 0.29) is 12.8 Å². The Morgan fingerprint density at radius 1 is 0.623 bits per heavy atom. The molecule has 14 nitrogen and oxygen atoms in total. The van der Waals surface area contributed by atoms with Gasteiger partial charge in [0, 0.05) is 6.42 Å². The summed E-state index contributed by atoms with van der Waals surface area (Å²) < 4.78 is 34.0. The maximum Gasteiger partial charge on any atom is 0.470 e. The number of aliphatic hydroxyl groups excluding tert-OH is 3. The van der Waals surface area contributed by atoms with E-state index in [0.717, 1.165) is 70.6 Å². The van der Waals surface area contributed by atoms with Crippen LogP contribution in [-0.2, 0) is 37.7 Å². The first-order valence-corrected chi connectivity index (χ1v) is 25.9. The van der Waals surface area contributed by atoms with Gasteiger partial charge in [-0.1, -0.05) is 181 Å². The molecule has 1 fully saturated rings. The third-order valence-corrected chi connectivity index (χ3v) is 12.1. The van der Waals surface area contributed by atoms with Crippen LogP contribution in [0.1, 0.15) is 226 Å². The summed E-state index contributed by atoms with van der Waals surface area (Å²) >= 11 is 0. The standard InChI is InChI=1S/C46H88NO13P/c1-4-7-10-13-16-19-22-25-28-31-37(49)34-40(50)47-43-45(44(60-61(54,55)56)39(36-48)58-46(43)53)59-42(52)35-38(32-29-26-23-20-17-14-11-8-5-2)57-41(51)33-30-27-24-21-18-15-12-9-6-3/h37-39,43-46,48-49,53H,4-36H2,1-3H3,(H,47,50)(H2,54,55,56)/t37?,38?,39-,43-,44-,45-,46+/m1/s1. The van der Waals surface area contributed by atoms with Crippen LogP contribution in [0.3, 0.4) is 0 Å². The predicted molar refractivity (Wildman–Crippen MR) is 237 cm³/mol. The Hall–Kier alpha value is -1.64. The van der Waals surface area contributed by atoms with Gasteiger partial charge >= 0.3 is 19.8 Å². The van der Waals surface area contributed by atoms with E-state index in [9.17, 15) is 44.1 Å². The monoisotopic (exact) mass is 894 g/mol. The van der Waals surface area contributed by atoms with Gasteiger partial charge in [-0.25, -0.2) is 4.57 Å². The second-order valence-electron chi connectivity index (χ2n) is 17.3. The summed E-state index contributed by atoms with van der Waals surface area (Å²) in [6.07, 6.45) is 20.9. The average molecular weight is 894 g/mol. The summed E-state index contributed by atoms with van der Waals surface area (Å²) in [7, 11) is -5.29. The van der Waals surface area contributed by atoms with Crippen LogP contribution < -0.4 is 5.32 Å².